The molecule has 1 heteroatoms. The van der Waals surface area contributed by atoms with Gasteiger partial charge in [0.2, 0.25) is 0 Å². The molecule has 0 saturated heterocycles. The lowest BCUT2D eigenvalue weighted by atomic mass is 9.82. The fourth-order valence-electron chi connectivity index (χ4n) is 8.57. The van der Waals surface area contributed by atoms with Crippen molar-refractivity contribution in [2.45, 2.75) is 19.3 Å². The molecule has 1 aliphatic rings. The first kappa shape index (κ1) is 22.4. The first-order valence-electron chi connectivity index (χ1n) is 21.5. The summed E-state index contributed by atoms with van der Waals surface area (Å²) in [5.74, 6) is 0. The zero-order valence-corrected chi connectivity index (χ0v) is 28.5. The molecule has 0 aliphatic heterocycles. The lowest BCUT2D eigenvalue weighted by Crippen LogP contribution is -2.14. The second-order valence-electron chi connectivity index (χ2n) is 14.3. The van der Waals surface area contributed by atoms with Crippen LogP contribution in [0.2, 0.25) is 0 Å². The Balaban J connectivity index is 1.23. The molecule has 0 amide bonds. The fraction of sp³-hybridized carbons (Fsp3) is 0.0588. The number of hydrogen-bond acceptors (Lipinski definition) is 1. The van der Waals surface area contributed by atoms with E-state index in [1.807, 2.05) is 66.7 Å². The van der Waals surface area contributed by atoms with Crippen LogP contribution in [-0.4, -0.2) is 0 Å². The van der Waals surface area contributed by atoms with Crippen molar-refractivity contribution in [3.8, 4) is 44.5 Å². The van der Waals surface area contributed by atoms with E-state index in [-0.39, 0.29) is 51.1 Å². The predicted molar refractivity (Wildman–Crippen MR) is 220 cm³/mol. The molecule has 0 fully saturated rings. The Morgan fingerprint density at radius 3 is 1.71 bits per heavy atom. The molecule has 0 bridgehead atoms. The van der Waals surface area contributed by atoms with Crippen LogP contribution in [0.1, 0.15) is 35.9 Å². The highest BCUT2D eigenvalue weighted by molar-refractivity contribution is 6.22. The molecule has 0 spiro atoms. The molecular weight excluding hydrogens is 629 g/mol. The summed E-state index contributed by atoms with van der Waals surface area (Å²) in [4.78, 5) is 0. The summed E-state index contributed by atoms with van der Waals surface area (Å²) in [5, 5.41) is 4.39. The minimum absolute atomic E-state index is 0.165. The van der Waals surface area contributed by atoms with Gasteiger partial charge in [-0.3, -0.25) is 0 Å². The number of rotatable bonds is 3. The van der Waals surface area contributed by atoms with Crippen LogP contribution >= 0.6 is 0 Å². The molecule has 11 rings (SSSR count). The first-order chi connectivity index (χ1) is 28.8. The molecule has 0 radical (unpaired) electrons. The summed E-state index contributed by atoms with van der Waals surface area (Å²) in [7, 11) is 0. The monoisotopic (exact) mass is 670 g/mol. The third kappa shape index (κ3) is 4.17. The molecule has 9 aromatic carbocycles. The van der Waals surface area contributed by atoms with E-state index >= 15 is 0 Å². The number of hydrogen-bond donors (Lipinski definition) is 0. The van der Waals surface area contributed by atoms with E-state index in [0.717, 1.165) is 38.2 Å². The number of furan rings is 1. The Bertz CT molecular complexity index is 3480. The Morgan fingerprint density at radius 2 is 0.981 bits per heavy atom. The van der Waals surface area contributed by atoms with Crippen molar-refractivity contribution in [1.29, 1.82) is 0 Å². The highest BCUT2D eigenvalue weighted by Crippen LogP contribution is 2.50. The Labute approximate surface area is 313 Å². The van der Waals surface area contributed by atoms with E-state index in [9.17, 15) is 5.48 Å². The highest BCUT2D eigenvalue weighted by Gasteiger charge is 2.35. The van der Waals surface area contributed by atoms with E-state index in [4.69, 9.17) is 9.90 Å². The summed E-state index contributed by atoms with van der Waals surface area (Å²) in [6.45, 7) is 4.47. The standard InChI is InChI=1S/C51H34O/c1-51(2)45-21-10-9-16-37(45)42-27-34(22-24-46(42)51)31-14-11-15-35(26-31)49-38-17-5-7-19-40(38)50(41-20-8-6-18-39(41)49)36-23-25-47-43(29-36)44-28-32-12-3-4-13-33(32)30-48(44)52-47/h3-30H,1-2H3/i5D,6D,7D,8D,17D,18D,19D,20D. The van der Waals surface area contributed by atoms with Crippen LogP contribution in [0.25, 0.3) is 98.8 Å². The van der Waals surface area contributed by atoms with Gasteiger partial charge in [0.05, 0.1) is 11.0 Å². The zero-order chi connectivity index (χ0) is 41.5. The van der Waals surface area contributed by atoms with Crippen molar-refractivity contribution >= 4 is 54.3 Å². The quantitative estimate of drug-likeness (QED) is 0.171. The molecule has 1 nitrogen and oxygen atoms in total. The topological polar surface area (TPSA) is 13.1 Å². The minimum atomic E-state index is -0.434. The van der Waals surface area contributed by atoms with Crippen LogP contribution < -0.4 is 0 Å². The minimum Gasteiger partial charge on any atom is -0.456 e. The molecule has 0 unspecified atom stereocenters. The molecule has 10 aromatic rings. The van der Waals surface area contributed by atoms with Gasteiger partial charge in [0.1, 0.15) is 11.2 Å². The highest BCUT2D eigenvalue weighted by atomic mass is 16.3. The Morgan fingerprint density at radius 1 is 0.423 bits per heavy atom. The van der Waals surface area contributed by atoms with Crippen molar-refractivity contribution in [3.05, 3.63) is 181 Å². The first-order valence-corrected chi connectivity index (χ1v) is 17.5. The predicted octanol–water partition coefficient (Wildman–Crippen LogP) is 14.4. The molecule has 1 aliphatic carbocycles. The average molecular weight is 671 g/mol. The lowest BCUT2D eigenvalue weighted by Gasteiger charge is -2.21. The maximum absolute atomic E-state index is 9.47. The second kappa shape index (κ2) is 10.8. The van der Waals surface area contributed by atoms with Crippen LogP contribution in [0, 0.1) is 0 Å². The van der Waals surface area contributed by atoms with Crippen LogP contribution in [0.4, 0.5) is 0 Å². The van der Waals surface area contributed by atoms with Crippen LogP contribution in [-0.2, 0) is 5.41 Å². The van der Waals surface area contributed by atoms with Gasteiger partial charge in [-0.05, 0) is 124 Å². The third-order valence-corrected chi connectivity index (χ3v) is 11.1. The van der Waals surface area contributed by atoms with Crippen molar-refractivity contribution in [2.75, 3.05) is 0 Å². The van der Waals surface area contributed by atoms with E-state index in [1.54, 1.807) is 6.07 Å². The van der Waals surface area contributed by atoms with Crippen molar-refractivity contribution in [2.24, 2.45) is 0 Å². The molecule has 0 saturated carbocycles. The van der Waals surface area contributed by atoms with Crippen molar-refractivity contribution in [1.82, 2.24) is 0 Å². The number of benzene rings is 9. The lowest BCUT2D eigenvalue weighted by molar-refractivity contribution is 0.660. The molecule has 1 heterocycles. The molecule has 1 aromatic heterocycles. The molecule has 52 heavy (non-hydrogen) atoms. The van der Waals surface area contributed by atoms with Gasteiger partial charge in [-0.25, -0.2) is 0 Å². The van der Waals surface area contributed by atoms with E-state index in [1.165, 1.54) is 16.7 Å². The summed E-state index contributed by atoms with van der Waals surface area (Å²) < 4.78 is 79.8. The van der Waals surface area contributed by atoms with Gasteiger partial charge >= 0.3 is 0 Å². The largest absolute Gasteiger partial charge is 0.456 e. The smallest absolute Gasteiger partial charge is 0.136 e. The van der Waals surface area contributed by atoms with Gasteiger partial charge in [0.15, 0.2) is 0 Å². The SMILES string of the molecule is [2H]c1c([2H])c([2H])c2c(-c3ccc4oc5cc6ccccc6cc5c4c3)c3c([2H])c([2H])c([2H])c([2H])c3c(-c3cccc(-c4ccc5c(c4)-c4ccccc4C5(C)C)c3)c2c1[2H]. The van der Waals surface area contributed by atoms with Gasteiger partial charge in [-0.1, -0.05) is 147 Å². The molecule has 0 atom stereocenters. The third-order valence-electron chi connectivity index (χ3n) is 11.1. The maximum atomic E-state index is 9.47. The van der Waals surface area contributed by atoms with Gasteiger partial charge < -0.3 is 4.42 Å². The normalized spacial score (nSPS) is 15.5. The fourth-order valence-corrected chi connectivity index (χ4v) is 8.57. The van der Waals surface area contributed by atoms with Crippen molar-refractivity contribution < 1.29 is 15.4 Å². The van der Waals surface area contributed by atoms with Crippen LogP contribution in [0.5, 0.6) is 0 Å². The summed E-state index contributed by atoms with van der Waals surface area (Å²) in [5.41, 5.74) is 9.50. The average Bonchev–Trinajstić information content (AvgIpc) is 3.74. The second-order valence-corrected chi connectivity index (χ2v) is 14.3. The van der Waals surface area contributed by atoms with Gasteiger partial charge in [0, 0.05) is 16.2 Å². The Hall–Kier alpha value is -6.44. The van der Waals surface area contributed by atoms with E-state index < -0.39 is 24.2 Å². The van der Waals surface area contributed by atoms with Gasteiger partial charge in [0.25, 0.3) is 0 Å². The zero-order valence-electron chi connectivity index (χ0n) is 36.5. The van der Waals surface area contributed by atoms with E-state index in [2.05, 4.69) is 62.4 Å². The van der Waals surface area contributed by atoms with Crippen molar-refractivity contribution in [3.63, 3.8) is 0 Å². The molecule has 244 valence electrons. The van der Waals surface area contributed by atoms with Crippen LogP contribution in [0.3, 0.4) is 0 Å². The van der Waals surface area contributed by atoms with Crippen LogP contribution in [0.15, 0.2) is 174 Å². The van der Waals surface area contributed by atoms with Gasteiger partial charge in [-0.15, -0.1) is 0 Å². The summed E-state index contributed by atoms with van der Waals surface area (Å²) in [6, 6.07) is 37.3. The summed E-state index contributed by atoms with van der Waals surface area (Å²) >= 11 is 0. The van der Waals surface area contributed by atoms with E-state index in [0.29, 0.717) is 33.4 Å². The van der Waals surface area contributed by atoms with Gasteiger partial charge in [-0.2, -0.15) is 0 Å². The maximum Gasteiger partial charge on any atom is 0.136 e. The Kier molecular flexibility index (Phi) is 4.64. The molecule has 0 N–H and O–H groups in total. The molecular formula is C51H34O. The summed E-state index contributed by atoms with van der Waals surface area (Å²) in [6.07, 6.45) is 0. The number of fused-ring (bicyclic) bond motifs is 9.